The number of piperidine rings is 1. The molecule has 1 unspecified atom stereocenters. The number of nitrogens with one attached hydrogen (secondary N) is 1. The number of carbonyl (C=O) groups is 2. The fraction of sp³-hybridized carbons (Fsp3) is 0.600. The van der Waals surface area contributed by atoms with E-state index in [1.54, 1.807) is 30.9 Å². The number of nitrogens with two attached hydrogens (primary N) is 1. The highest BCUT2D eigenvalue weighted by Crippen LogP contribution is 2.43. The molecule has 2 fully saturated rings. The van der Waals surface area contributed by atoms with Crippen LogP contribution in [0, 0.1) is 5.92 Å². The van der Waals surface area contributed by atoms with E-state index in [-0.39, 0.29) is 19.0 Å². The Bertz CT molecular complexity index is 800. The second-order valence-corrected chi connectivity index (χ2v) is 9.09. The largest absolute Gasteiger partial charge is 0.401 e. The molecule has 1 aromatic rings. The Morgan fingerprint density at radius 2 is 1.97 bits per heavy atom. The van der Waals surface area contributed by atoms with Crippen molar-refractivity contribution in [3.63, 3.8) is 0 Å². The lowest BCUT2D eigenvalue weighted by Crippen LogP contribution is -2.55. The van der Waals surface area contributed by atoms with E-state index in [4.69, 9.17) is 17.3 Å². The Balaban J connectivity index is 1.89. The van der Waals surface area contributed by atoms with Gasteiger partial charge in [-0.2, -0.15) is 13.2 Å². The molecule has 0 radical (unpaired) electrons. The fourth-order valence-corrected chi connectivity index (χ4v) is 4.73. The van der Waals surface area contributed by atoms with Crippen LogP contribution in [0.5, 0.6) is 0 Å². The van der Waals surface area contributed by atoms with E-state index in [9.17, 15) is 22.8 Å². The molecule has 2 aliphatic rings. The number of halogens is 4. The van der Waals surface area contributed by atoms with Gasteiger partial charge < -0.3 is 16.0 Å². The highest BCUT2D eigenvalue weighted by Gasteiger charge is 2.46. The molecule has 3 N–H and O–H groups in total. The van der Waals surface area contributed by atoms with Crippen molar-refractivity contribution in [2.24, 2.45) is 11.7 Å². The summed E-state index contributed by atoms with van der Waals surface area (Å²) in [5, 5.41) is 3.13. The lowest BCUT2D eigenvalue weighted by atomic mass is 9.76. The number of carbonyl (C=O) groups excluding carboxylic acids is 2. The van der Waals surface area contributed by atoms with Gasteiger partial charge in [-0.15, -0.1) is 0 Å². The summed E-state index contributed by atoms with van der Waals surface area (Å²) >= 11 is 6.01. The Hall–Kier alpha value is -2.00. The summed E-state index contributed by atoms with van der Waals surface area (Å²) in [4.78, 5) is 27.3. The second kappa shape index (κ2) is 8.26. The number of alkyl halides is 3. The van der Waals surface area contributed by atoms with Crippen LogP contribution in [0.25, 0.3) is 0 Å². The van der Waals surface area contributed by atoms with E-state index in [2.05, 4.69) is 5.32 Å². The highest BCUT2D eigenvalue weighted by atomic mass is 35.5. The van der Waals surface area contributed by atoms with Gasteiger partial charge in [0.15, 0.2) is 0 Å². The number of rotatable bonds is 5. The van der Waals surface area contributed by atoms with Gasteiger partial charge in [-0.05, 0) is 56.8 Å². The van der Waals surface area contributed by atoms with Crippen LogP contribution >= 0.6 is 11.6 Å². The molecule has 1 aromatic carbocycles. The third-order valence-electron chi connectivity index (χ3n) is 6.03. The molecule has 6 nitrogen and oxygen atoms in total. The van der Waals surface area contributed by atoms with E-state index >= 15 is 0 Å². The van der Waals surface area contributed by atoms with E-state index < -0.39 is 42.3 Å². The minimum atomic E-state index is -4.27. The maximum atomic E-state index is 13.0. The van der Waals surface area contributed by atoms with Crippen LogP contribution in [0.3, 0.4) is 0 Å². The summed E-state index contributed by atoms with van der Waals surface area (Å²) in [6.07, 6.45) is -3.33. The van der Waals surface area contributed by atoms with Gasteiger partial charge in [0.2, 0.25) is 5.91 Å². The van der Waals surface area contributed by atoms with Crippen molar-refractivity contribution in [2.75, 3.05) is 19.6 Å². The van der Waals surface area contributed by atoms with Crippen molar-refractivity contribution in [1.29, 1.82) is 0 Å². The third kappa shape index (κ3) is 5.00. The maximum Gasteiger partial charge on any atom is 0.401 e. The normalized spacial score (nSPS) is 25.8. The van der Waals surface area contributed by atoms with Gasteiger partial charge in [-0.3, -0.25) is 9.69 Å². The average Bonchev–Trinajstić information content (AvgIpc) is 3.00. The summed E-state index contributed by atoms with van der Waals surface area (Å²) in [5.74, 6) is -0.718. The Kier molecular flexibility index (Phi) is 6.25. The number of likely N-dealkylation sites (tertiary alicyclic amines) is 1. The van der Waals surface area contributed by atoms with Crippen molar-refractivity contribution in [2.45, 2.75) is 50.5 Å². The molecule has 0 aliphatic carbocycles. The summed E-state index contributed by atoms with van der Waals surface area (Å²) in [5.41, 5.74) is 5.49. The maximum absolute atomic E-state index is 13.0. The summed E-state index contributed by atoms with van der Waals surface area (Å²) in [6, 6.07) is 5.44. The van der Waals surface area contributed by atoms with Crippen molar-refractivity contribution >= 4 is 23.5 Å². The summed E-state index contributed by atoms with van der Waals surface area (Å²) in [7, 11) is 0. The zero-order chi connectivity index (χ0) is 22.3. The molecule has 3 atom stereocenters. The highest BCUT2D eigenvalue weighted by molar-refractivity contribution is 6.30. The van der Waals surface area contributed by atoms with E-state index in [0.717, 1.165) is 5.56 Å². The zero-order valence-electron chi connectivity index (χ0n) is 16.9. The molecule has 0 bridgehead atoms. The SMILES string of the molecule is CC1(C)C[C@@H]([C@@H](c2ccc(Cl)cc2)N2CC(C(N)=O)NC2=O)CCN1CC(F)(F)F. The Morgan fingerprint density at radius 1 is 1.33 bits per heavy atom. The first-order valence-electron chi connectivity index (χ1n) is 9.81. The van der Waals surface area contributed by atoms with Crippen LogP contribution < -0.4 is 11.1 Å². The molecule has 10 heteroatoms. The van der Waals surface area contributed by atoms with Crippen LogP contribution in [-0.2, 0) is 4.79 Å². The average molecular weight is 447 g/mol. The van der Waals surface area contributed by atoms with Gasteiger partial charge in [0.1, 0.15) is 6.04 Å². The molecule has 3 rings (SSSR count). The van der Waals surface area contributed by atoms with Crippen molar-refractivity contribution in [3.05, 3.63) is 34.9 Å². The molecule has 3 amide bonds. The lowest BCUT2D eigenvalue weighted by molar-refractivity contribution is -0.164. The van der Waals surface area contributed by atoms with E-state index in [1.807, 2.05) is 12.1 Å². The van der Waals surface area contributed by atoms with Crippen molar-refractivity contribution < 1.29 is 22.8 Å². The molecule has 0 spiro atoms. The Morgan fingerprint density at radius 3 is 2.47 bits per heavy atom. The van der Waals surface area contributed by atoms with Crippen LogP contribution in [0.2, 0.25) is 5.02 Å². The minimum absolute atomic E-state index is 0.0944. The van der Waals surface area contributed by atoms with Crippen molar-refractivity contribution in [3.8, 4) is 0 Å². The van der Waals surface area contributed by atoms with Gasteiger partial charge in [-0.25, -0.2) is 4.79 Å². The van der Waals surface area contributed by atoms with Gasteiger partial charge in [0.25, 0.3) is 0 Å². The number of urea groups is 1. The first kappa shape index (κ1) is 22.7. The lowest BCUT2D eigenvalue weighted by Gasteiger charge is -2.49. The first-order valence-corrected chi connectivity index (χ1v) is 10.2. The molecule has 2 saturated heterocycles. The fourth-order valence-electron chi connectivity index (χ4n) is 4.60. The van der Waals surface area contributed by atoms with Crippen LogP contribution in [0.15, 0.2) is 24.3 Å². The number of benzene rings is 1. The van der Waals surface area contributed by atoms with Gasteiger partial charge in [-0.1, -0.05) is 23.7 Å². The minimum Gasteiger partial charge on any atom is -0.368 e. The topological polar surface area (TPSA) is 78.7 Å². The Labute approximate surface area is 178 Å². The van der Waals surface area contributed by atoms with Crippen LogP contribution in [0.1, 0.15) is 38.3 Å². The van der Waals surface area contributed by atoms with Crippen molar-refractivity contribution in [1.82, 2.24) is 15.1 Å². The van der Waals surface area contributed by atoms with Gasteiger partial charge in [0, 0.05) is 10.6 Å². The van der Waals surface area contributed by atoms with Crippen LogP contribution in [-0.4, -0.2) is 59.1 Å². The van der Waals surface area contributed by atoms with E-state index in [0.29, 0.717) is 17.9 Å². The smallest absolute Gasteiger partial charge is 0.368 e. The number of amides is 3. The molecular formula is C20H26ClF3N4O2. The molecule has 166 valence electrons. The number of nitrogens with zero attached hydrogens (tertiary/aromatic N) is 2. The molecule has 30 heavy (non-hydrogen) atoms. The predicted molar refractivity (Wildman–Crippen MR) is 107 cm³/mol. The van der Waals surface area contributed by atoms with Gasteiger partial charge >= 0.3 is 12.2 Å². The molecule has 0 aromatic heterocycles. The summed E-state index contributed by atoms with van der Waals surface area (Å²) in [6.45, 7) is 2.99. The number of primary amides is 1. The zero-order valence-corrected chi connectivity index (χ0v) is 17.6. The van der Waals surface area contributed by atoms with E-state index in [1.165, 1.54) is 4.90 Å². The second-order valence-electron chi connectivity index (χ2n) is 8.66. The molecule has 2 heterocycles. The molecule has 2 aliphatic heterocycles. The first-order chi connectivity index (χ1) is 13.9. The quantitative estimate of drug-likeness (QED) is 0.728. The molecule has 0 saturated carbocycles. The standard InChI is InChI=1S/C20H26ClF3N4O2/c1-19(2)9-13(7-8-27(19)11-20(22,23)24)16(12-3-5-14(21)6-4-12)28-10-15(17(25)29)26-18(28)30/h3-6,13,15-16H,7-11H2,1-2H3,(H2,25,29)(H,26,30)/t13-,15?,16+/m0/s1. The predicted octanol–water partition coefficient (Wildman–Crippen LogP) is 3.31. The number of hydrogen-bond acceptors (Lipinski definition) is 3. The number of hydrogen-bond donors (Lipinski definition) is 2. The summed E-state index contributed by atoms with van der Waals surface area (Å²) < 4.78 is 39.0. The molecular weight excluding hydrogens is 421 g/mol. The van der Waals surface area contributed by atoms with Gasteiger partial charge in [0.05, 0.1) is 19.1 Å². The van der Waals surface area contributed by atoms with Crippen LogP contribution in [0.4, 0.5) is 18.0 Å². The monoisotopic (exact) mass is 446 g/mol. The third-order valence-corrected chi connectivity index (χ3v) is 6.28.